The predicted octanol–water partition coefficient (Wildman–Crippen LogP) is 4.64. The van der Waals surface area contributed by atoms with E-state index in [1.54, 1.807) is 0 Å². The number of ether oxygens (including phenoxy) is 1. The van der Waals surface area contributed by atoms with Crippen LogP contribution in [0.3, 0.4) is 0 Å². The molecule has 1 aliphatic rings. The highest BCUT2D eigenvalue weighted by atomic mass is 16.8. The molecule has 1 heterocycles. The summed E-state index contributed by atoms with van der Waals surface area (Å²) < 4.78 is 4.83. The molecule has 1 saturated heterocycles. The Bertz CT molecular complexity index is 305. The molecular weight excluding hydrogens is 280 g/mol. The molecule has 0 saturated carbocycles. The van der Waals surface area contributed by atoms with Crippen LogP contribution in [0.15, 0.2) is 0 Å². The molecule has 1 aliphatic heterocycles. The van der Waals surface area contributed by atoms with Crippen molar-refractivity contribution in [2.45, 2.75) is 109 Å². The Morgan fingerprint density at radius 2 is 1.27 bits per heavy atom. The lowest BCUT2D eigenvalue weighted by molar-refractivity contribution is -0.157. The molecule has 22 heavy (non-hydrogen) atoms. The maximum Gasteiger partial charge on any atom is 0.367 e. The number of hydrogen-bond acceptors (Lipinski definition) is 3. The molecule has 4 nitrogen and oxygen atoms in total. The van der Waals surface area contributed by atoms with E-state index >= 15 is 0 Å². The molecule has 130 valence electrons. The van der Waals surface area contributed by atoms with E-state index in [9.17, 15) is 9.90 Å². The van der Waals surface area contributed by atoms with E-state index in [1.165, 1.54) is 70.6 Å². The Labute approximate surface area is 135 Å². The third-order valence-electron chi connectivity index (χ3n) is 4.58. The highest BCUT2D eigenvalue weighted by molar-refractivity contribution is 5.78. The summed E-state index contributed by atoms with van der Waals surface area (Å²) in [4.78, 5) is 10.7. The lowest BCUT2D eigenvalue weighted by Crippen LogP contribution is -2.26. The van der Waals surface area contributed by atoms with E-state index in [1.807, 2.05) is 0 Å². The summed E-state index contributed by atoms with van der Waals surface area (Å²) in [5, 5.41) is 18.1. The van der Waals surface area contributed by atoms with Gasteiger partial charge in [0.05, 0.1) is 0 Å². The first kappa shape index (κ1) is 19.4. The number of aliphatic carboxylic acids is 1. The molecule has 2 atom stereocenters. The van der Waals surface area contributed by atoms with Crippen LogP contribution in [-0.2, 0) is 9.53 Å². The maximum atomic E-state index is 10.7. The summed E-state index contributed by atoms with van der Waals surface area (Å²) in [7, 11) is 0. The monoisotopic (exact) mass is 314 g/mol. The topological polar surface area (TPSA) is 70.1 Å². The molecule has 4 heteroatoms. The lowest BCUT2D eigenvalue weighted by Gasteiger charge is -2.03. The van der Waals surface area contributed by atoms with Gasteiger partial charge in [0, 0.05) is 0 Å². The number of carbonyl (C=O) groups is 1. The molecule has 0 aromatic heterocycles. The van der Waals surface area contributed by atoms with Crippen molar-refractivity contribution in [2.24, 2.45) is 0 Å². The zero-order chi connectivity index (χ0) is 16.3. The van der Waals surface area contributed by atoms with Gasteiger partial charge < -0.3 is 14.9 Å². The first-order valence-corrected chi connectivity index (χ1v) is 9.25. The highest BCUT2D eigenvalue weighted by Crippen LogP contribution is 2.37. The van der Waals surface area contributed by atoms with Gasteiger partial charge in [-0.3, -0.25) is 0 Å². The Balaban J connectivity index is 1.75. The standard InChI is InChI=1S/C18H34O4/c1-2-3-4-5-6-7-8-9-10-11-12-13-14-15-16-18(21,22-16)17(19)20/h16,21H,2-15H2,1H3,(H,19,20). The SMILES string of the molecule is CCCCCCCCCCCCCCCC1OC1(O)C(=O)O. The Morgan fingerprint density at radius 3 is 1.64 bits per heavy atom. The van der Waals surface area contributed by atoms with Crippen LogP contribution in [0.5, 0.6) is 0 Å². The smallest absolute Gasteiger partial charge is 0.367 e. The van der Waals surface area contributed by atoms with Crippen molar-refractivity contribution in [1.82, 2.24) is 0 Å². The Kier molecular flexibility index (Phi) is 9.73. The zero-order valence-corrected chi connectivity index (χ0v) is 14.2. The number of aliphatic hydroxyl groups is 1. The molecule has 0 radical (unpaired) electrons. The highest BCUT2D eigenvalue weighted by Gasteiger charge is 2.61. The first-order valence-electron chi connectivity index (χ1n) is 9.25. The van der Waals surface area contributed by atoms with Gasteiger partial charge >= 0.3 is 5.97 Å². The van der Waals surface area contributed by atoms with Crippen molar-refractivity contribution >= 4 is 5.97 Å². The third-order valence-corrected chi connectivity index (χ3v) is 4.58. The molecule has 1 rings (SSSR count). The van der Waals surface area contributed by atoms with Gasteiger partial charge in [0.15, 0.2) is 0 Å². The first-order chi connectivity index (χ1) is 10.6. The van der Waals surface area contributed by atoms with E-state index in [4.69, 9.17) is 9.84 Å². The quantitative estimate of drug-likeness (QED) is 0.341. The van der Waals surface area contributed by atoms with Gasteiger partial charge in [0.1, 0.15) is 6.10 Å². The van der Waals surface area contributed by atoms with Crippen LogP contribution in [0.2, 0.25) is 0 Å². The van der Waals surface area contributed by atoms with Crippen molar-refractivity contribution in [3.05, 3.63) is 0 Å². The third kappa shape index (κ3) is 7.59. The molecular formula is C18H34O4. The van der Waals surface area contributed by atoms with E-state index in [2.05, 4.69) is 6.92 Å². The minimum Gasteiger partial charge on any atom is -0.477 e. The molecule has 0 amide bonds. The van der Waals surface area contributed by atoms with Gasteiger partial charge in [-0.05, 0) is 6.42 Å². The van der Waals surface area contributed by atoms with Crippen molar-refractivity contribution in [1.29, 1.82) is 0 Å². The van der Waals surface area contributed by atoms with E-state index < -0.39 is 17.9 Å². The number of unbranched alkanes of at least 4 members (excludes halogenated alkanes) is 12. The molecule has 1 fully saturated rings. The van der Waals surface area contributed by atoms with Crippen LogP contribution in [-0.4, -0.2) is 28.1 Å². The Morgan fingerprint density at radius 1 is 0.864 bits per heavy atom. The molecule has 0 aliphatic carbocycles. The fraction of sp³-hybridized carbons (Fsp3) is 0.944. The predicted molar refractivity (Wildman–Crippen MR) is 87.8 cm³/mol. The van der Waals surface area contributed by atoms with E-state index in [0.717, 1.165) is 12.8 Å². The normalized spacial score (nSPS) is 23.6. The molecule has 0 aromatic rings. The second kappa shape index (κ2) is 11.0. The van der Waals surface area contributed by atoms with Gasteiger partial charge in [-0.1, -0.05) is 90.4 Å². The minimum atomic E-state index is -1.88. The van der Waals surface area contributed by atoms with Crippen LogP contribution < -0.4 is 0 Å². The second-order valence-corrected chi connectivity index (χ2v) is 6.64. The van der Waals surface area contributed by atoms with Crippen molar-refractivity contribution in [2.75, 3.05) is 0 Å². The Hall–Kier alpha value is -0.610. The summed E-state index contributed by atoms with van der Waals surface area (Å²) >= 11 is 0. The maximum absolute atomic E-state index is 10.7. The number of carboxylic acids is 1. The average Bonchev–Trinajstić information content (AvgIpc) is 3.16. The average molecular weight is 314 g/mol. The van der Waals surface area contributed by atoms with Crippen LogP contribution in [0, 0.1) is 0 Å². The van der Waals surface area contributed by atoms with Gasteiger partial charge in [-0.25, -0.2) is 4.79 Å². The van der Waals surface area contributed by atoms with Crippen LogP contribution in [0.4, 0.5) is 0 Å². The van der Waals surface area contributed by atoms with Crippen molar-refractivity contribution in [3.63, 3.8) is 0 Å². The number of rotatable bonds is 15. The summed E-state index contributed by atoms with van der Waals surface area (Å²) in [5.41, 5.74) is 0. The van der Waals surface area contributed by atoms with Gasteiger partial charge in [-0.15, -0.1) is 0 Å². The lowest BCUT2D eigenvalue weighted by atomic mass is 10.0. The summed E-state index contributed by atoms with van der Waals surface area (Å²) in [5.74, 6) is -3.14. The van der Waals surface area contributed by atoms with Crippen molar-refractivity contribution in [3.8, 4) is 0 Å². The van der Waals surface area contributed by atoms with Gasteiger partial charge in [0.2, 0.25) is 0 Å². The molecule has 2 N–H and O–H groups in total. The number of carboxylic acid groups (broad SMARTS) is 1. The van der Waals surface area contributed by atoms with Gasteiger partial charge in [0.25, 0.3) is 5.79 Å². The second-order valence-electron chi connectivity index (χ2n) is 6.64. The zero-order valence-electron chi connectivity index (χ0n) is 14.2. The van der Waals surface area contributed by atoms with E-state index in [-0.39, 0.29) is 0 Å². The molecule has 2 unspecified atom stereocenters. The molecule has 0 aromatic carbocycles. The summed E-state index contributed by atoms with van der Waals surface area (Å²) in [6.07, 6.45) is 17.0. The molecule has 0 bridgehead atoms. The fourth-order valence-electron chi connectivity index (χ4n) is 2.97. The molecule has 0 spiro atoms. The van der Waals surface area contributed by atoms with Gasteiger partial charge in [-0.2, -0.15) is 0 Å². The van der Waals surface area contributed by atoms with E-state index in [0.29, 0.717) is 6.42 Å². The van der Waals surface area contributed by atoms with Crippen LogP contribution in [0.25, 0.3) is 0 Å². The van der Waals surface area contributed by atoms with Crippen molar-refractivity contribution < 1.29 is 19.7 Å². The largest absolute Gasteiger partial charge is 0.477 e. The van der Waals surface area contributed by atoms with Crippen LogP contribution in [0.1, 0.15) is 96.8 Å². The minimum absolute atomic E-state index is 0.488. The number of epoxide rings is 1. The fourth-order valence-corrected chi connectivity index (χ4v) is 2.97. The summed E-state index contributed by atoms with van der Waals surface area (Å²) in [6.45, 7) is 2.25. The number of hydrogen-bond donors (Lipinski definition) is 2. The van der Waals surface area contributed by atoms with Crippen LogP contribution >= 0.6 is 0 Å². The summed E-state index contributed by atoms with van der Waals surface area (Å²) in [6, 6.07) is 0.